The third kappa shape index (κ3) is 7.86. The largest absolute Gasteiger partial charge is 0.360 e. The van der Waals surface area contributed by atoms with Crippen LogP contribution in [-0.4, -0.2) is 70.4 Å². The minimum atomic E-state index is -3.82. The Balaban J connectivity index is 1.28. The first-order chi connectivity index (χ1) is 27.8. The van der Waals surface area contributed by atoms with E-state index in [0.29, 0.717) is 47.1 Å². The van der Waals surface area contributed by atoms with Crippen molar-refractivity contribution >= 4 is 44.3 Å². The van der Waals surface area contributed by atoms with E-state index >= 15 is 8.78 Å². The van der Waals surface area contributed by atoms with Gasteiger partial charge in [-0.1, -0.05) is 23.6 Å². The fourth-order valence-corrected chi connectivity index (χ4v) is 8.75. The fraction of sp³-hybridized carbons (Fsp3) is 0.385. The van der Waals surface area contributed by atoms with E-state index in [1.165, 1.54) is 10.7 Å². The Morgan fingerprint density at radius 3 is 2.51 bits per heavy atom. The fourth-order valence-electron chi connectivity index (χ4n) is 8.02. The number of morpholine rings is 1. The van der Waals surface area contributed by atoms with E-state index in [-0.39, 0.29) is 51.6 Å². The lowest BCUT2D eigenvalue weighted by atomic mass is 9.93. The number of rotatable bonds is 10. The highest BCUT2D eigenvalue weighted by Crippen LogP contribution is 2.68. The van der Waals surface area contributed by atoms with Crippen molar-refractivity contribution in [3.63, 3.8) is 0 Å². The van der Waals surface area contributed by atoms with Gasteiger partial charge in [0.15, 0.2) is 5.82 Å². The second-order valence-corrected chi connectivity index (χ2v) is 17.2. The van der Waals surface area contributed by atoms with Crippen LogP contribution in [0.4, 0.5) is 32.2 Å². The van der Waals surface area contributed by atoms with Gasteiger partial charge in [-0.3, -0.25) is 18.9 Å². The van der Waals surface area contributed by atoms with Crippen molar-refractivity contribution in [3.8, 4) is 23.0 Å². The number of hydrogen-bond donors (Lipinski definition) is 3. The van der Waals surface area contributed by atoms with Gasteiger partial charge in [0.05, 0.1) is 40.5 Å². The first kappa shape index (κ1) is 40.6. The number of pyridine rings is 1. The van der Waals surface area contributed by atoms with Crippen LogP contribution in [0.3, 0.4) is 0 Å². The molecule has 310 valence electrons. The molecule has 5 aromatic rings. The summed E-state index contributed by atoms with van der Waals surface area (Å²) in [6, 6.07) is 7.80. The maximum Gasteiger partial charge on any atom is 0.293 e. The van der Waals surface area contributed by atoms with Crippen molar-refractivity contribution in [1.82, 2.24) is 35.2 Å². The maximum absolute atomic E-state index is 15.5. The molecule has 8 rings (SSSR count). The van der Waals surface area contributed by atoms with Crippen LogP contribution in [0.2, 0.25) is 5.02 Å². The number of alkyl halides is 4. The Labute approximate surface area is 338 Å². The summed E-state index contributed by atoms with van der Waals surface area (Å²) < 4.78 is 123. The molecular weight excluding hydrogens is 826 g/mol. The first-order valence-corrected chi connectivity index (χ1v) is 20.6. The predicted molar refractivity (Wildman–Crippen MR) is 204 cm³/mol. The Morgan fingerprint density at radius 1 is 1.10 bits per heavy atom. The normalized spacial score (nSPS) is 21.1. The summed E-state index contributed by atoms with van der Waals surface area (Å²) in [5, 5.41) is 14.4. The van der Waals surface area contributed by atoms with Gasteiger partial charge < -0.3 is 15.4 Å². The quantitative estimate of drug-likeness (QED) is 0.113. The highest BCUT2D eigenvalue weighted by molar-refractivity contribution is 7.92. The van der Waals surface area contributed by atoms with Gasteiger partial charge in [0, 0.05) is 48.8 Å². The van der Waals surface area contributed by atoms with Crippen molar-refractivity contribution in [1.29, 1.82) is 0 Å². The van der Waals surface area contributed by atoms with Gasteiger partial charge in [-0.15, -0.1) is 0 Å². The number of nitrogens with zero attached hydrogens (tertiary/aromatic N) is 5. The molecule has 12 nitrogen and oxygen atoms in total. The number of halogens is 7. The summed E-state index contributed by atoms with van der Waals surface area (Å²) in [6.07, 6.45) is -2.51. The number of ether oxygens (including phenoxy) is 1. The topological polar surface area (TPSA) is 145 Å². The average molecular weight is 861 g/mol. The number of benzene rings is 2. The molecular formula is C39H35ClF6N8O4S. The number of aryl methyl sites for hydroxylation is 1. The van der Waals surface area contributed by atoms with E-state index in [4.69, 9.17) is 21.3 Å². The minimum absolute atomic E-state index is 0.0276. The molecule has 0 spiro atoms. The highest BCUT2D eigenvalue weighted by Gasteiger charge is 2.67. The number of sulfonamides is 1. The van der Waals surface area contributed by atoms with Crippen LogP contribution >= 0.6 is 11.6 Å². The lowest BCUT2D eigenvalue weighted by molar-refractivity contribution is -0.123. The van der Waals surface area contributed by atoms with E-state index < -0.39 is 81.3 Å². The zero-order valence-corrected chi connectivity index (χ0v) is 33.1. The number of amides is 1. The zero-order chi connectivity index (χ0) is 42.2. The van der Waals surface area contributed by atoms with Gasteiger partial charge in [-0.2, -0.15) is 19.0 Å². The molecule has 1 aliphatic heterocycles. The molecule has 3 N–H and O–H groups in total. The Morgan fingerprint density at radius 2 is 1.83 bits per heavy atom. The molecule has 4 atom stereocenters. The molecule has 1 saturated carbocycles. The van der Waals surface area contributed by atoms with Crippen LogP contribution in [0.5, 0.6) is 0 Å². The van der Waals surface area contributed by atoms with E-state index in [1.807, 2.05) is 0 Å². The van der Waals surface area contributed by atoms with Crippen LogP contribution in [-0.2, 0) is 45.5 Å². The molecule has 59 heavy (non-hydrogen) atoms. The number of fused-ring (bicyclic) bond motifs is 4. The van der Waals surface area contributed by atoms with Gasteiger partial charge in [0.2, 0.25) is 15.9 Å². The number of carbonyl (C=O) groups is 1. The SMILES string of the molecule is Cn1nc(NS(C)(=O)=O)c2c(Cl)ccc(-c3ccc(C#C[C@]4(C)CNCCO4)nc3[C@H](Cc3cc(F)cc(F)c3)NC(=O)Cn3nc(C(F)F)c4c3C(F)(F)C3C[C@H]43)c21. The number of carbonyl (C=O) groups excluding carboxylic acids is 1. The van der Waals surface area contributed by atoms with Crippen molar-refractivity contribution in [2.75, 3.05) is 30.7 Å². The van der Waals surface area contributed by atoms with Crippen LogP contribution in [0.25, 0.3) is 22.0 Å². The van der Waals surface area contributed by atoms with Crippen LogP contribution in [0.15, 0.2) is 42.5 Å². The van der Waals surface area contributed by atoms with E-state index in [0.717, 1.165) is 18.4 Å². The van der Waals surface area contributed by atoms with Crippen molar-refractivity contribution in [2.45, 2.75) is 56.2 Å². The van der Waals surface area contributed by atoms with Crippen LogP contribution in [0, 0.1) is 29.4 Å². The number of nitrogens with one attached hydrogen (secondary N) is 3. The highest BCUT2D eigenvalue weighted by atomic mass is 35.5. The summed E-state index contributed by atoms with van der Waals surface area (Å²) in [5.41, 5.74) is -1.34. The van der Waals surface area contributed by atoms with Gasteiger partial charge in [-0.05, 0) is 67.5 Å². The molecule has 0 radical (unpaired) electrons. The lowest BCUT2D eigenvalue weighted by Crippen LogP contribution is -2.46. The molecule has 2 aliphatic carbocycles. The van der Waals surface area contributed by atoms with E-state index in [2.05, 4.69) is 37.4 Å². The summed E-state index contributed by atoms with van der Waals surface area (Å²) in [4.78, 5) is 18.9. The predicted octanol–water partition coefficient (Wildman–Crippen LogP) is 6.11. The van der Waals surface area contributed by atoms with Crippen molar-refractivity contribution in [2.24, 2.45) is 13.0 Å². The maximum atomic E-state index is 15.5. The molecule has 0 bridgehead atoms. The second kappa shape index (κ2) is 14.8. The molecule has 4 heterocycles. The van der Waals surface area contributed by atoms with Crippen LogP contribution < -0.4 is 15.4 Å². The van der Waals surface area contributed by atoms with Gasteiger partial charge >= 0.3 is 0 Å². The van der Waals surface area contributed by atoms with E-state index in [9.17, 15) is 30.8 Å². The average Bonchev–Trinajstić information content (AvgIpc) is 3.69. The molecule has 1 unspecified atom stereocenters. The molecule has 3 aliphatic rings. The number of hydrogen-bond acceptors (Lipinski definition) is 8. The van der Waals surface area contributed by atoms with Crippen LogP contribution in [0.1, 0.15) is 65.6 Å². The monoisotopic (exact) mass is 860 g/mol. The Hall–Kier alpha value is -5.16. The zero-order valence-electron chi connectivity index (χ0n) is 31.5. The molecule has 20 heteroatoms. The van der Waals surface area contributed by atoms with Crippen molar-refractivity contribution < 1.29 is 44.3 Å². The van der Waals surface area contributed by atoms with E-state index in [1.54, 1.807) is 32.2 Å². The van der Waals surface area contributed by atoms with Gasteiger partial charge in [0.1, 0.15) is 40.9 Å². The van der Waals surface area contributed by atoms with Gasteiger partial charge in [0.25, 0.3) is 12.3 Å². The number of anilines is 1. The third-order valence-electron chi connectivity index (χ3n) is 10.5. The molecule has 2 aromatic carbocycles. The first-order valence-electron chi connectivity index (χ1n) is 18.4. The van der Waals surface area contributed by atoms with Crippen molar-refractivity contribution in [3.05, 3.63) is 93.0 Å². The Kier molecular flexibility index (Phi) is 10.2. The second-order valence-electron chi connectivity index (χ2n) is 15.1. The molecule has 2 fully saturated rings. The third-order valence-corrected chi connectivity index (χ3v) is 11.4. The summed E-state index contributed by atoms with van der Waals surface area (Å²) in [6.45, 7) is 2.33. The standard InChI is InChI=1S/C39H35ClF6N8O4S/c1-38(18-47-10-11-58-38)9-8-22-4-5-23(24-6-7-27(40)31-34(24)53(2)51-37(31)52-59(3,56)57)32(48-22)28(14-19-12-20(41)15-21(42)13-19)49-29(55)17-54-35-30(33(50-54)36(43)44)25-16-26(25)39(35,45)46/h4-7,12-13,15,25-26,28,36,47H,10-11,14,16-18H2,1-3H3,(H,49,55)(H,51,52)/t25-,26?,28-,38+/m0/s1. The smallest absolute Gasteiger partial charge is 0.293 e. The molecule has 1 amide bonds. The number of aromatic nitrogens is 5. The molecule has 3 aromatic heterocycles. The Bertz CT molecular complexity index is 2690. The summed E-state index contributed by atoms with van der Waals surface area (Å²) in [5.74, 6) is -2.23. The summed E-state index contributed by atoms with van der Waals surface area (Å²) >= 11 is 6.62. The summed E-state index contributed by atoms with van der Waals surface area (Å²) in [7, 11) is -2.28. The minimum Gasteiger partial charge on any atom is -0.360 e. The van der Waals surface area contributed by atoms with Gasteiger partial charge in [-0.25, -0.2) is 31.0 Å². The lowest BCUT2D eigenvalue weighted by Gasteiger charge is -2.29. The molecule has 1 saturated heterocycles.